The van der Waals surface area contributed by atoms with E-state index in [1.165, 1.54) is 24.5 Å². The fourth-order valence-corrected chi connectivity index (χ4v) is 10.2. The molecule has 0 N–H and O–H groups in total. The summed E-state index contributed by atoms with van der Waals surface area (Å²) < 4.78 is 38.9. The summed E-state index contributed by atoms with van der Waals surface area (Å²) in [6.07, 6.45) is 6.06. The van der Waals surface area contributed by atoms with Crippen molar-refractivity contribution in [3.63, 3.8) is 0 Å². The van der Waals surface area contributed by atoms with Crippen LogP contribution in [-0.2, 0) is 16.5 Å². The van der Waals surface area contributed by atoms with E-state index in [0.29, 0.717) is 0 Å². The van der Waals surface area contributed by atoms with Gasteiger partial charge in [0.25, 0.3) is 0 Å². The maximum atomic E-state index is 13.3. The van der Waals surface area contributed by atoms with Crippen molar-refractivity contribution in [2.45, 2.75) is 78.0 Å². The minimum Gasteiger partial charge on any atom is -0.204 e. The Hall–Kier alpha value is -0.676. The minimum atomic E-state index is -1.44. The molecule has 0 saturated carbocycles. The number of benzene rings is 2. The fraction of sp³-hybridized carbons (Fsp3) is 0.500. The smallest absolute Gasteiger partial charge is 0.195 e. The van der Waals surface area contributed by atoms with Gasteiger partial charge in [0, 0.05) is 22.1 Å². The maximum Gasteiger partial charge on any atom is 0.195 e. The van der Waals surface area contributed by atoms with Gasteiger partial charge in [-0.15, -0.1) is 15.8 Å². The average Bonchev–Trinajstić information content (AvgIpc) is 2.74. The molecule has 0 aliphatic heterocycles. The Balaban J connectivity index is 0.000000624. The molecule has 0 unspecified atom stereocenters. The predicted octanol–water partition coefficient (Wildman–Crippen LogP) is 9.86. The van der Waals surface area contributed by atoms with Gasteiger partial charge in [-0.05, 0) is 52.7 Å². The first-order valence-electron chi connectivity index (χ1n) is 11.8. The second-order valence-electron chi connectivity index (χ2n) is 9.36. The molecule has 0 amide bonds. The van der Waals surface area contributed by atoms with E-state index in [2.05, 4.69) is 55.4 Å². The zero-order valence-electron chi connectivity index (χ0n) is 21.8. The molecule has 194 valence electrons. The Bertz CT molecular complexity index is 816. The van der Waals surface area contributed by atoms with Crippen molar-refractivity contribution < 1.29 is 29.7 Å². The fourth-order valence-electron chi connectivity index (χ4n) is 3.88. The van der Waals surface area contributed by atoms with Crippen LogP contribution in [0.15, 0.2) is 42.5 Å². The molecule has 0 nitrogen and oxygen atoms in total. The van der Waals surface area contributed by atoms with Crippen LogP contribution in [0.1, 0.15) is 66.5 Å². The van der Waals surface area contributed by atoms with E-state index in [9.17, 15) is 13.2 Å². The number of hydrogen-bond donors (Lipinski definition) is 0. The molecular weight excluding hydrogens is 514 g/mol. The standard InChI is InChI=1S/C14H9F3.C14H32P2.Ni/c15-12-9-8-11(13(16)14(12)17)7-6-10-4-2-1-3-5-10;1-11(2)15(12(3)4)9-10-16(13(5)6)14(7)8;/h1-9H;11-14H,9-10H2,1-8H3;/b7-6+;;. The minimum absolute atomic E-state index is 0. The molecule has 34 heavy (non-hydrogen) atoms. The van der Waals surface area contributed by atoms with Crippen LogP contribution >= 0.6 is 15.8 Å². The molecule has 6 heteroatoms. The Morgan fingerprint density at radius 3 is 1.47 bits per heavy atom. The van der Waals surface area contributed by atoms with E-state index in [4.69, 9.17) is 0 Å². The molecule has 0 aliphatic carbocycles. The molecular formula is C28H41F3NiP2. The summed E-state index contributed by atoms with van der Waals surface area (Å²) in [6, 6.07) is 11.3. The third-order valence-corrected chi connectivity index (χ3v) is 12.7. The summed E-state index contributed by atoms with van der Waals surface area (Å²) in [5, 5.41) is 0. The Morgan fingerprint density at radius 1 is 0.618 bits per heavy atom. The molecule has 0 fully saturated rings. The molecule has 0 aliphatic rings. The van der Waals surface area contributed by atoms with Gasteiger partial charge >= 0.3 is 0 Å². The SMILES string of the molecule is CC(C)P(CCP(C(C)C)C(C)C)C(C)C.Fc1ccc(/C=C/c2ccccc2)c(F)c1F.[Ni]. The van der Waals surface area contributed by atoms with Crippen molar-refractivity contribution >= 4 is 28.0 Å². The van der Waals surface area contributed by atoms with Crippen LogP contribution in [0.3, 0.4) is 0 Å². The Kier molecular flexibility index (Phi) is 16.6. The van der Waals surface area contributed by atoms with Crippen molar-refractivity contribution in [2.24, 2.45) is 0 Å². The summed E-state index contributed by atoms with van der Waals surface area (Å²) in [7, 11) is 0.511. The normalized spacial score (nSPS) is 11.7. The van der Waals surface area contributed by atoms with Crippen LogP contribution < -0.4 is 0 Å². The van der Waals surface area contributed by atoms with Crippen molar-refractivity contribution in [3.8, 4) is 0 Å². The molecule has 0 radical (unpaired) electrons. The topological polar surface area (TPSA) is 0 Å². The molecule has 2 rings (SSSR count). The molecule has 0 atom stereocenters. The Labute approximate surface area is 218 Å². The third-order valence-electron chi connectivity index (χ3n) is 5.59. The molecule has 0 spiro atoms. The van der Waals surface area contributed by atoms with Gasteiger partial charge in [0.2, 0.25) is 0 Å². The van der Waals surface area contributed by atoms with Crippen LogP contribution in [0.4, 0.5) is 13.2 Å². The molecule has 0 aromatic heterocycles. The van der Waals surface area contributed by atoms with Crippen molar-refractivity contribution in [1.82, 2.24) is 0 Å². The zero-order valence-corrected chi connectivity index (χ0v) is 24.5. The average molecular weight is 555 g/mol. The summed E-state index contributed by atoms with van der Waals surface area (Å²) >= 11 is 0. The second kappa shape index (κ2) is 16.9. The van der Waals surface area contributed by atoms with Crippen LogP contribution in [0.5, 0.6) is 0 Å². The summed E-state index contributed by atoms with van der Waals surface area (Å²) in [6.45, 7) is 19.3. The first kappa shape index (κ1) is 33.3. The second-order valence-corrected chi connectivity index (χ2v) is 16.4. The predicted molar refractivity (Wildman–Crippen MR) is 146 cm³/mol. The van der Waals surface area contributed by atoms with Crippen LogP contribution in [-0.4, -0.2) is 35.0 Å². The summed E-state index contributed by atoms with van der Waals surface area (Å²) in [5.74, 6) is -3.79. The summed E-state index contributed by atoms with van der Waals surface area (Å²) in [5.41, 5.74) is 4.51. The number of hydrogen-bond acceptors (Lipinski definition) is 0. The van der Waals surface area contributed by atoms with E-state index in [-0.39, 0.29) is 37.9 Å². The van der Waals surface area contributed by atoms with Gasteiger partial charge in [-0.2, -0.15) is 0 Å². The van der Waals surface area contributed by atoms with Gasteiger partial charge in [0.1, 0.15) is 0 Å². The third kappa shape index (κ3) is 11.4. The van der Waals surface area contributed by atoms with Gasteiger partial charge in [-0.1, -0.05) is 97.9 Å². The maximum absolute atomic E-state index is 13.3. The molecule has 2 aromatic rings. The number of rotatable bonds is 9. The van der Waals surface area contributed by atoms with Crippen LogP contribution in [0.25, 0.3) is 12.2 Å². The molecule has 0 bridgehead atoms. The van der Waals surface area contributed by atoms with Gasteiger partial charge in [-0.25, -0.2) is 13.2 Å². The van der Waals surface area contributed by atoms with E-state index < -0.39 is 17.5 Å². The molecule has 0 saturated heterocycles. The largest absolute Gasteiger partial charge is 0.204 e. The number of halogens is 3. The summed E-state index contributed by atoms with van der Waals surface area (Å²) in [4.78, 5) is 0. The first-order chi connectivity index (χ1) is 15.5. The molecule has 0 heterocycles. The van der Waals surface area contributed by atoms with Gasteiger partial charge in [-0.3, -0.25) is 0 Å². The van der Waals surface area contributed by atoms with E-state index in [0.717, 1.165) is 34.3 Å². The van der Waals surface area contributed by atoms with Crippen molar-refractivity contribution in [2.75, 3.05) is 12.3 Å². The zero-order chi connectivity index (χ0) is 25.1. The van der Waals surface area contributed by atoms with Crippen LogP contribution in [0.2, 0.25) is 0 Å². The van der Waals surface area contributed by atoms with Gasteiger partial charge in [0.15, 0.2) is 17.5 Å². The molecule has 2 aromatic carbocycles. The van der Waals surface area contributed by atoms with E-state index >= 15 is 0 Å². The van der Waals surface area contributed by atoms with Crippen molar-refractivity contribution in [1.29, 1.82) is 0 Å². The quantitative estimate of drug-likeness (QED) is 0.125. The Morgan fingerprint density at radius 2 is 1.06 bits per heavy atom. The van der Waals surface area contributed by atoms with E-state index in [1.807, 2.05) is 30.3 Å². The first-order valence-corrected chi connectivity index (χ1v) is 15.2. The van der Waals surface area contributed by atoms with E-state index in [1.54, 1.807) is 6.08 Å². The van der Waals surface area contributed by atoms with Crippen LogP contribution in [0, 0.1) is 17.5 Å². The van der Waals surface area contributed by atoms with Crippen molar-refractivity contribution in [3.05, 3.63) is 71.0 Å². The monoisotopic (exact) mass is 554 g/mol. The van der Waals surface area contributed by atoms with Gasteiger partial charge < -0.3 is 0 Å². The van der Waals surface area contributed by atoms with Gasteiger partial charge in [0.05, 0.1) is 0 Å².